The predicted octanol–water partition coefficient (Wildman–Crippen LogP) is 0.599. The first-order valence-corrected chi connectivity index (χ1v) is 7.52. The summed E-state index contributed by atoms with van der Waals surface area (Å²) in [4.78, 5) is 28.1. The standard InChI is InChI=1S/C14H25N3O2/c1-2-12-14(19)17(10-7-15-12)11-13(18)16-8-5-3-4-6-9-16/h12,15H,2-11H2,1H3. The van der Waals surface area contributed by atoms with Gasteiger partial charge in [-0.15, -0.1) is 0 Å². The highest BCUT2D eigenvalue weighted by Crippen LogP contribution is 2.11. The molecule has 0 saturated carbocycles. The molecule has 2 fully saturated rings. The largest absolute Gasteiger partial charge is 0.341 e. The van der Waals surface area contributed by atoms with E-state index >= 15 is 0 Å². The molecular weight excluding hydrogens is 242 g/mol. The highest BCUT2D eigenvalue weighted by Gasteiger charge is 2.29. The Morgan fingerprint density at radius 2 is 1.89 bits per heavy atom. The molecule has 2 aliphatic rings. The average molecular weight is 267 g/mol. The van der Waals surface area contributed by atoms with Crippen LogP contribution in [0.1, 0.15) is 39.0 Å². The van der Waals surface area contributed by atoms with Crippen LogP contribution in [0.3, 0.4) is 0 Å². The van der Waals surface area contributed by atoms with Gasteiger partial charge in [-0.05, 0) is 19.3 Å². The van der Waals surface area contributed by atoms with Crippen molar-refractivity contribution in [3.8, 4) is 0 Å². The maximum atomic E-state index is 12.3. The highest BCUT2D eigenvalue weighted by molar-refractivity contribution is 5.88. The minimum Gasteiger partial charge on any atom is -0.341 e. The number of carbonyl (C=O) groups is 2. The molecule has 0 aromatic heterocycles. The Hall–Kier alpha value is -1.10. The second kappa shape index (κ2) is 6.89. The first-order valence-electron chi connectivity index (χ1n) is 7.52. The van der Waals surface area contributed by atoms with Crippen LogP contribution in [0.25, 0.3) is 0 Å². The lowest BCUT2D eigenvalue weighted by molar-refractivity contribution is -0.143. The van der Waals surface area contributed by atoms with Crippen LogP contribution in [0.5, 0.6) is 0 Å². The summed E-state index contributed by atoms with van der Waals surface area (Å²) in [5.74, 6) is 0.198. The Kier molecular flexibility index (Phi) is 5.19. The number of hydrogen-bond donors (Lipinski definition) is 1. The third kappa shape index (κ3) is 3.69. The van der Waals surface area contributed by atoms with Crippen molar-refractivity contribution in [1.82, 2.24) is 15.1 Å². The second-order valence-electron chi connectivity index (χ2n) is 5.47. The molecule has 2 aliphatic heterocycles. The van der Waals surface area contributed by atoms with Gasteiger partial charge in [0, 0.05) is 26.2 Å². The third-order valence-electron chi connectivity index (χ3n) is 4.08. The highest BCUT2D eigenvalue weighted by atomic mass is 16.2. The molecule has 19 heavy (non-hydrogen) atoms. The van der Waals surface area contributed by atoms with Gasteiger partial charge in [0.25, 0.3) is 0 Å². The number of piperazine rings is 1. The van der Waals surface area contributed by atoms with Gasteiger partial charge in [0.05, 0.1) is 12.6 Å². The molecule has 0 spiro atoms. The van der Waals surface area contributed by atoms with E-state index in [0.29, 0.717) is 6.54 Å². The molecule has 1 unspecified atom stereocenters. The fraction of sp³-hybridized carbons (Fsp3) is 0.857. The number of carbonyl (C=O) groups excluding carboxylic acids is 2. The van der Waals surface area contributed by atoms with Gasteiger partial charge in [0.2, 0.25) is 11.8 Å². The summed E-state index contributed by atoms with van der Waals surface area (Å²) in [6, 6.07) is -0.106. The summed E-state index contributed by atoms with van der Waals surface area (Å²) in [7, 11) is 0. The molecule has 0 aromatic carbocycles. The van der Waals surface area contributed by atoms with E-state index in [2.05, 4.69) is 5.32 Å². The molecule has 2 heterocycles. The monoisotopic (exact) mass is 267 g/mol. The van der Waals surface area contributed by atoms with Crippen molar-refractivity contribution < 1.29 is 9.59 Å². The van der Waals surface area contributed by atoms with E-state index in [1.165, 1.54) is 12.8 Å². The lowest BCUT2D eigenvalue weighted by atomic mass is 10.1. The van der Waals surface area contributed by atoms with E-state index in [1.807, 2.05) is 11.8 Å². The third-order valence-corrected chi connectivity index (χ3v) is 4.08. The smallest absolute Gasteiger partial charge is 0.242 e. The number of amides is 2. The van der Waals surface area contributed by atoms with Gasteiger partial charge in [0.1, 0.15) is 0 Å². The van der Waals surface area contributed by atoms with E-state index in [1.54, 1.807) is 4.90 Å². The van der Waals surface area contributed by atoms with Crippen molar-refractivity contribution >= 4 is 11.8 Å². The first kappa shape index (κ1) is 14.3. The number of hydrogen-bond acceptors (Lipinski definition) is 3. The van der Waals surface area contributed by atoms with Crippen LogP contribution in [-0.2, 0) is 9.59 Å². The summed E-state index contributed by atoms with van der Waals surface area (Å²) in [6.07, 6.45) is 5.41. The number of nitrogens with zero attached hydrogens (tertiary/aromatic N) is 2. The van der Waals surface area contributed by atoms with E-state index in [9.17, 15) is 9.59 Å². The van der Waals surface area contributed by atoms with Gasteiger partial charge in [-0.3, -0.25) is 9.59 Å². The van der Waals surface area contributed by atoms with Crippen LogP contribution >= 0.6 is 0 Å². The van der Waals surface area contributed by atoms with Gasteiger partial charge >= 0.3 is 0 Å². The molecule has 5 nitrogen and oxygen atoms in total. The molecule has 2 saturated heterocycles. The number of nitrogens with one attached hydrogen (secondary N) is 1. The Balaban J connectivity index is 1.88. The zero-order valence-electron chi connectivity index (χ0n) is 11.9. The summed E-state index contributed by atoms with van der Waals surface area (Å²) in [5, 5.41) is 3.20. The van der Waals surface area contributed by atoms with Crippen molar-refractivity contribution in [1.29, 1.82) is 0 Å². The molecule has 0 aliphatic carbocycles. The van der Waals surface area contributed by atoms with Gasteiger partial charge < -0.3 is 15.1 Å². The maximum Gasteiger partial charge on any atom is 0.242 e. The summed E-state index contributed by atoms with van der Waals surface area (Å²) < 4.78 is 0. The summed E-state index contributed by atoms with van der Waals surface area (Å²) in [5.41, 5.74) is 0. The predicted molar refractivity (Wildman–Crippen MR) is 73.7 cm³/mol. The van der Waals surface area contributed by atoms with Crippen LogP contribution in [0.4, 0.5) is 0 Å². The Morgan fingerprint density at radius 1 is 1.21 bits per heavy atom. The average Bonchev–Trinajstić information content (AvgIpc) is 2.70. The fourth-order valence-electron chi connectivity index (χ4n) is 2.85. The molecule has 0 radical (unpaired) electrons. The molecule has 2 rings (SSSR count). The van der Waals surface area contributed by atoms with Crippen molar-refractivity contribution in [2.24, 2.45) is 0 Å². The molecule has 0 bridgehead atoms. The number of rotatable bonds is 3. The summed E-state index contributed by atoms with van der Waals surface area (Å²) in [6.45, 7) is 5.41. The van der Waals surface area contributed by atoms with Crippen molar-refractivity contribution in [3.63, 3.8) is 0 Å². The van der Waals surface area contributed by atoms with E-state index in [-0.39, 0.29) is 24.4 Å². The SMILES string of the molecule is CCC1NCCN(CC(=O)N2CCCCCC2)C1=O. The second-order valence-corrected chi connectivity index (χ2v) is 5.47. The fourth-order valence-corrected chi connectivity index (χ4v) is 2.85. The van der Waals surface area contributed by atoms with Crippen molar-refractivity contribution in [2.45, 2.75) is 45.1 Å². The first-order chi connectivity index (χ1) is 9.22. The topological polar surface area (TPSA) is 52.7 Å². The molecule has 1 atom stereocenters. The zero-order chi connectivity index (χ0) is 13.7. The zero-order valence-corrected chi connectivity index (χ0v) is 11.9. The van der Waals surface area contributed by atoms with Crippen LogP contribution in [-0.4, -0.2) is 60.4 Å². The molecule has 5 heteroatoms. The lowest BCUT2D eigenvalue weighted by Gasteiger charge is -2.33. The molecule has 2 amide bonds. The van der Waals surface area contributed by atoms with E-state index in [4.69, 9.17) is 0 Å². The quantitative estimate of drug-likeness (QED) is 0.814. The lowest BCUT2D eigenvalue weighted by Crippen LogP contribution is -2.57. The minimum absolute atomic E-state index is 0.0805. The van der Waals surface area contributed by atoms with Gasteiger partial charge in [-0.1, -0.05) is 19.8 Å². The maximum absolute atomic E-state index is 12.3. The van der Waals surface area contributed by atoms with Crippen LogP contribution in [0.15, 0.2) is 0 Å². The van der Waals surface area contributed by atoms with Crippen LogP contribution in [0, 0.1) is 0 Å². The van der Waals surface area contributed by atoms with E-state index < -0.39 is 0 Å². The molecular formula is C14H25N3O2. The Bertz CT molecular complexity index is 325. The molecule has 108 valence electrons. The Morgan fingerprint density at radius 3 is 2.53 bits per heavy atom. The van der Waals surface area contributed by atoms with Crippen molar-refractivity contribution in [3.05, 3.63) is 0 Å². The van der Waals surface area contributed by atoms with Gasteiger partial charge in [0.15, 0.2) is 0 Å². The Labute approximate surface area is 115 Å². The van der Waals surface area contributed by atoms with E-state index in [0.717, 1.165) is 38.9 Å². The summed E-state index contributed by atoms with van der Waals surface area (Å²) >= 11 is 0. The minimum atomic E-state index is -0.106. The van der Waals surface area contributed by atoms with Crippen molar-refractivity contribution in [2.75, 3.05) is 32.7 Å². The van der Waals surface area contributed by atoms with Gasteiger partial charge in [-0.25, -0.2) is 0 Å². The van der Waals surface area contributed by atoms with Crippen LogP contribution in [0.2, 0.25) is 0 Å². The molecule has 1 N–H and O–H groups in total. The van der Waals surface area contributed by atoms with Crippen LogP contribution < -0.4 is 5.32 Å². The molecule has 0 aromatic rings. The van der Waals surface area contributed by atoms with Gasteiger partial charge in [-0.2, -0.15) is 0 Å². The normalized spacial score (nSPS) is 25.3. The number of likely N-dealkylation sites (tertiary alicyclic amines) is 1.